The van der Waals surface area contributed by atoms with Gasteiger partial charge in [-0.3, -0.25) is 0 Å². The van der Waals surface area contributed by atoms with Crippen LogP contribution in [0.15, 0.2) is 24.3 Å². The molecule has 0 aliphatic rings. The Balaban J connectivity index is 3.23. The summed E-state index contributed by atoms with van der Waals surface area (Å²) in [5, 5.41) is 0.417. The summed E-state index contributed by atoms with van der Waals surface area (Å²) in [4.78, 5) is 10.5. The Kier molecular flexibility index (Phi) is 3.82. The first kappa shape index (κ1) is 13.7. The number of hydrogen-bond acceptors (Lipinski definition) is 1. The van der Waals surface area contributed by atoms with Crippen molar-refractivity contribution >= 4 is 16.4 Å². The quantitative estimate of drug-likeness (QED) is 0.814. The molecule has 0 spiro atoms. The Morgan fingerprint density at radius 1 is 1.06 bits per heavy atom. The molecule has 90 valence electrons. The third-order valence-electron chi connectivity index (χ3n) is 2.95. The lowest BCUT2D eigenvalue weighted by atomic mass is 10.2. The average molecular weight is 253 g/mol. The number of aryl methyl sites for hydroxylation is 1. The van der Waals surface area contributed by atoms with E-state index in [9.17, 15) is 4.80 Å². The highest BCUT2D eigenvalue weighted by atomic mass is 28.4. The van der Waals surface area contributed by atoms with Gasteiger partial charge in [0.1, 0.15) is 0 Å². The van der Waals surface area contributed by atoms with Gasteiger partial charge in [0.25, 0.3) is 0 Å². The number of benzene rings is 1. The average Bonchev–Trinajstić information content (AvgIpc) is 1.97. The van der Waals surface area contributed by atoms with Crippen LogP contribution in [0, 0.1) is 6.92 Å². The van der Waals surface area contributed by atoms with Crippen molar-refractivity contribution in [3.63, 3.8) is 0 Å². The maximum Gasteiger partial charge on any atom is 0.187 e. The van der Waals surface area contributed by atoms with Gasteiger partial charge in [-0.2, -0.15) is 0 Å². The van der Waals surface area contributed by atoms with E-state index in [0.29, 0.717) is 5.16 Å². The van der Waals surface area contributed by atoms with Crippen molar-refractivity contribution in [1.29, 1.82) is 0 Å². The molecule has 1 atom stereocenters. The molecule has 1 unspecified atom stereocenters. The molecule has 0 radical (unpaired) electrons. The second kappa shape index (κ2) is 4.47. The maximum absolute atomic E-state index is 10.5. The first-order valence-corrected chi connectivity index (χ1v) is 12.5. The second-order valence-corrected chi connectivity index (χ2v) is 16.1. The molecule has 0 aromatic heterocycles. The van der Waals surface area contributed by atoms with Gasteiger partial charge in [0.15, 0.2) is 8.32 Å². The molecular weight excluding hydrogens is 228 g/mol. The van der Waals surface area contributed by atoms with Crippen LogP contribution >= 0.6 is 0 Å². The molecule has 1 aromatic rings. The van der Waals surface area contributed by atoms with Crippen LogP contribution < -0.4 is 0 Å². The fraction of sp³-hybridized carbons (Fsp3) is 0.538. The minimum Gasteiger partial charge on any atom is -0.432 e. The molecule has 16 heavy (non-hydrogen) atoms. The summed E-state index contributed by atoms with van der Waals surface area (Å²) in [6.07, 6.45) is 0. The summed E-state index contributed by atoms with van der Waals surface area (Å²) in [5.41, 5.74) is 2.64. The number of rotatable bonds is 3. The third-order valence-corrected chi connectivity index (χ3v) is 11.5. The van der Waals surface area contributed by atoms with Crippen LogP contribution in [0.4, 0.5) is 0 Å². The van der Waals surface area contributed by atoms with E-state index in [-0.39, 0.29) is 0 Å². The fourth-order valence-corrected chi connectivity index (χ4v) is 13.5. The van der Waals surface area contributed by atoms with Crippen molar-refractivity contribution in [2.24, 2.45) is 0 Å². The fourth-order valence-electron chi connectivity index (χ4n) is 2.82. The van der Waals surface area contributed by atoms with Crippen molar-refractivity contribution in [3.8, 4) is 0 Å². The Bertz CT molecular complexity index is 347. The molecule has 0 amide bonds. The van der Waals surface area contributed by atoms with Crippen LogP contribution in [0.3, 0.4) is 0 Å². The second-order valence-electron chi connectivity index (χ2n) is 6.37. The molecule has 0 fully saturated rings. The van der Waals surface area contributed by atoms with Gasteiger partial charge < -0.3 is 4.80 Å². The lowest BCUT2D eigenvalue weighted by Gasteiger charge is -2.37. The zero-order chi connectivity index (χ0) is 12.6. The molecule has 0 aliphatic carbocycles. The van der Waals surface area contributed by atoms with Crippen LogP contribution in [0.1, 0.15) is 16.3 Å². The van der Waals surface area contributed by atoms with Crippen molar-refractivity contribution in [3.05, 3.63) is 35.4 Å². The summed E-state index contributed by atoms with van der Waals surface area (Å²) in [6, 6.07) is 8.66. The molecule has 0 aliphatic heterocycles. The normalized spacial score (nSPS) is 14.9. The first-order chi connectivity index (χ1) is 7.12. The predicted molar refractivity (Wildman–Crippen MR) is 77.0 cm³/mol. The van der Waals surface area contributed by atoms with Crippen molar-refractivity contribution in [1.82, 2.24) is 0 Å². The minimum atomic E-state index is -2.12. The topological polar surface area (TPSA) is 20.2 Å². The van der Waals surface area contributed by atoms with Crippen LogP contribution in [0.25, 0.3) is 0 Å². The van der Waals surface area contributed by atoms with Gasteiger partial charge in [-0.1, -0.05) is 49.5 Å². The van der Waals surface area contributed by atoms with Crippen LogP contribution in [0.2, 0.25) is 32.7 Å². The lowest BCUT2D eigenvalue weighted by Crippen LogP contribution is -2.48. The molecule has 3 heteroatoms. The zero-order valence-corrected chi connectivity index (χ0v) is 13.3. The summed E-state index contributed by atoms with van der Waals surface area (Å²) >= 11 is 0. The highest BCUT2D eigenvalue weighted by molar-refractivity contribution is 6.93. The molecule has 1 nitrogen and oxygen atoms in total. The maximum atomic E-state index is 10.5. The smallest absolute Gasteiger partial charge is 0.187 e. The molecule has 0 saturated heterocycles. The summed E-state index contributed by atoms with van der Waals surface area (Å²) in [5.74, 6) is 0. The van der Waals surface area contributed by atoms with Crippen LogP contribution in [-0.2, 0) is 0 Å². The van der Waals surface area contributed by atoms with Crippen molar-refractivity contribution in [2.45, 2.75) is 44.8 Å². The van der Waals surface area contributed by atoms with Gasteiger partial charge in [-0.15, -0.1) is 0 Å². The number of hydrogen-bond donors (Lipinski definition) is 1. The standard InChI is InChI=1S/C13H24OSi2/c1-11-8-7-9-12(10-11)13(15(2,3)4)16(5,6)14/h7-10,13-14H,1-6H3. The van der Waals surface area contributed by atoms with E-state index in [1.807, 2.05) is 0 Å². The van der Waals surface area contributed by atoms with Crippen LogP contribution in [0.5, 0.6) is 0 Å². The van der Waals surface area contributed by atoms with E-state index >= 15 is 0 Å². The van der Waals surface area contributed by atoms with Gasteiger partial charge in [0, 0.05) is 0 Å². The Morgan fingerprint density at radius 3 is 2.00 bits per heavy atom. The monoisotopic (exact) mass is 252 g/mol. The zero-order valence-electron chi connectivity index (χ0n) is 11.3. The van der Waals surface area contributed by atoms with E-state index in [0.717, 1.165) is 0 Å². The van der Waals surface area contributed by atoms with Gasteiger partial charge in [-0.05, 0) is 30.7 Å². The highest BCUT2D eigenvalue weighted by Crippen LogP contribution is 2.34. The Labute approximate surface area is 102 Å². The molecule has 0 heterocycles. The predicted octanol–water partition coefficient (Wildman–Crippen LogP) is 3.69. The molecule has 1 aromatic carbocycles. The third kappa shape index (κ3) is 3.30. The van der Waals surface area contributed by atoms with Crippen molar-refractivity contribution in [2.75, 3.05) is 0 Å². The minimum absolute atomic E-state index is 0.417. The molecule has 1 N–H and O–H groups in total. The van der Waals surface area contributed by atoms with E-state index in [2.05, 4.69) is 63.9 Å². The van der Waals surface area contributed by atoms with Gasteiger partial charge in [0.05, 0.1) is 8.07 Å². The van der Waals surface area contributed by atoms with Gasteiger partial charge in [0.2, 0.25) is 0 Å². The van der Waals surface area contributed by atoms with Crippen molar-refractivity contribution < 1.29 is 4.80 Å². The van der Waals surface area contributed by atoms with E-state index in [1.165, 1.54) is 11.1 Å². The van der Waals surface area contributed by atoms with Gasteiger partial charge >= 0.3 is 0 Å². The van der Waals surface area contributed by atoms with Gasteiger partial charge in [-0.25, -0.2) is 0 Å². The molecule has 1 rings (SSSR count). The summed E-state index contributed by atoms with van der Waals surface area (Å²) < 4.78 is 0. The largest absolute Gasteiger partial charge is 0.432 e. The SMILES string of the molecule is Cc1cccc(C([Si](C)(C)C)[Si](C)(C)O)c1. The first-order valence-electron chi connectivity index (χ1n) is 5.91. The van der Waals surface area contributed by atoms with E-state index in [4.69, 9.17) is 0 Å². The van der Waals surface area contributed by atoms with E-state index < -0.39 is 16.4 Å². The lowest BCUT2D eigenvalue weighted by molar-refractivity contribution is 0.543. The molecule has 0 saturated carbocycles. The summed E-state index contributed by atoms with van der Waals surface area (Å²) in [6.45, 7) is 13.3. The Morgan fingerprint density at radius 2 is 1.62 bits per heavy atom. The van der Waals surface area contributed by atoms with Crippen LogP contribution in [-0.4, -0.2) is 21.2 Å². The molecule has 0 bridgehead atoms. The molecular formula is C13H24OSi2. The Hall–Kier alpha value is -0.386. The highest BCUT2D eigenvalue weighted by Gasteiger charge is 2.41. The summed E-state index contributed by atoms with van der Waals surface area (Å²) in [7, 11) is -3.50. The van der Waals surface area contributed by atoms with E-state index in [1.54, 1.807) is 0 Å².